The van der Waals surface area contributed by atoms with Crippen molar-refractivity contribution in [1.82, 2.24) is 14.5 Å². The van der Waals surface area contributed by atoms with Gasteiger partial charge in [0.1, 0.15) is 0 Å². The Hall–Kier alpha value is -1.95. The molecule has 1 heterocycles. The van der Waals surface area contributed by atoms with Gasteiger partial charge in [0.05, 0.1) is 10.9 Å². The number of nitrogens with one attached hydrogen (secondary N) is 1. The largest absolute Gasteiger partial charge is 0.339 e. The third kappa shape index (κ3) is 2.47. The molecule has 1 unspecified atom stereocenters. The minimum atomic E-state index is -0.155. The number of carbonyl (C=O) groups is 1. The van der Waals surface area contributed by atoms with Crippen LogP contribution in [-0.2, 0) is 7.05 Å². The van der Waals surface area contributed by atoms with E-state index in [1.165, 1.54) is 17.4 Å². The van der Waals surface area contributed by atoms with E-state index in [9.17, 15) is 9.59 Å². The first-order chi connectivity index (χ1) is 10.4. The lowest BCUT2D eigenvalue weighted by Crippen LogP contribution is -2.36. The highest BCUT2D eigenvalue weighted by Gasteiger charge is 2.32. The van der Waals surface area contributed by atoms with Crippen LogP contribution in [0.2, 0.25) is 0 Å². The van der Waals surface area contributed by atoms with E-state index in [-0.39, 0.29) is 17.5 Å². The first-order valence-electron chi connectivity index (χ1n) is 7.40. The number of rotatable bonds is 3. The predicted molar refractivity (Wildman–Crippen MR) is 88.7 cm³/mol. The molecule has 1 amide bonds. The molecular weight excluding hydrogens is 298 g/mol. The quantitative estimate of drug-likeness (QED) is 0.885. The lowest BCUT2D eigenvalue weighted by molar-refractivity contribution is 0.0727. The SMILES string of the molecule is CC(C1CC1)N(C)C(=O)c1ccc2c(=O)n(C)c(=S)[nH]c2c1. The highest BCUT2D eigenvalue weighted by atomic mass is 32.1. The van der Waals surface area contributed by atoms with Crippen LogP contribution in [0.5, 0.6) is 0 Å². The third-order valence-corrected chi connectivity index (χ3v) is 4.96. The van der Waals surface area contributed by atoms with Crippen molar-refractivity contribution in [2.75, 3.05) is 7.05 Å². The Balaban J connectivity index is 2.01. The normalized spacial score (nSPS) is 15.8. The fourth-order valence-corrected chi connectivity index (χ4v) is 2.92. The molecule has 0 spiro atoms. The van der Waals surface area contributed by atoms with Gasteiger partial charge in [0, 0.05) is 25.7 Å². The van der Waals surface area contributed by atoms with Crippen molar-refractivity contribution >= 4 is 29.0 Å². The van der Waals surface area contributed by atoms with Crippen LogP contribution < -0.4 is 5.56 Å². The number of fused-ring (bicyclic) bond motifs is 1. The smallest absolute Gasteiger partial charge is 0.261 e. The first kappa shape index (κ1) is 15.0. The lowest BCUT2D eigenvalue weighted by Gasteiger charge is -2.25. The molecule has 1 fully saturated rings. The summed E-state index contributed by atoms with van der Waals surface area (Å²) in [6.07, 6.45) is 2.39. The molecule has 0 bridgehead atoms. The number of aromatic amines is 1. The van der Waals surface area contributed by atoms with E-state index in [0.29, 0.717) is 27.2 Å². The van der Waals surface area contributed by atoms with E-state index in [1.807, 2.05) is 7.05 Å². The molecule has 1 atom stereocenters. The Morgan fingerprint density at radius 3 is 2.77 bits per heavy atom. The Labute approximate surface area is 133 Å². The molecule has 1 aromatic carbocycles. The number of carbonyl (C=O) groups excluding carboxylic acids is 1. The van der Waals surface area contributed by atoms with Crippen LogP contribution in [0.3, 0.4) is 0 Å². The zero-order chi connectivity index (χ0) is 16.0. The lowest BCUT2D eigenvalue weighted by atomic mass is 10.1. The summed E-state index contributed by atoms with van der Waals surface area (Å²) in [6.45, 7) is 2.08. The van der Waals surface area contributed by atoms with Crippen LogP contribution in [0.1, 0.15) is 30.1 Å². The Kier molecular flexibility index (Phi) is 3.64. The van der Waals surface area contributed by atoms with E-state index in [1.54, 1.807) is 30.1 Å². The van der Waals surface area contributed by atoms with Crippen LogP contribution >= 0.6 is 12.2 Å². The number of aromatic nitrogens is 2. The Bertz CT molecular complexity index is 864. The van der Waals surface area contributed by atoms with Crippen molar-refractivity contribution in [3.63, 3.8) is 0 Å². The number of hydrogen-bond acceptors (Lipinski definition) is 3. The molecule has 116 valence electrons. The third-order valence-electron chi connectivity index (χ3n) is 4.58. The van der Waals surface area contributed by atoms with Gasteiger partial charge < -0.3 is 9.88 Å². The summed E-state index contributed by atoms with van der Waals surface area (Å²) in [5.41, 5.74) is 1.02. The van der Waals surface area contributed by atoms with Crippen molar-refractivity contribution < 1.29 is 4.79 Å². The fraction of sp³-hybridized carbons (Fsp3) is 0.438. The second-order valence-electron chi connectivity index (χ2n) is 6.05. The van der Waals surface area contributed by atoms with Gasteiger partial charge in [-0.25, -0.2) is 0 Å². The topological polar surface area (TPSA) is 58.1 Å². The van der Waals surface area contributed by atoms with E-state index >= 15 is 0 Å². The summed E-state index contributed by atoms with van der Waals surface area (Å²) in [5, 5.41) is 0.533. The molecule has 1 saturated carbocycles. The maximum atomic E-state index is 12.6. The van der Waals surface area contributed by atoms with Crippen molar-refractivity contribution in [3.8, 4) is 0 Å². The molecule has 5 nitrogen and oxygen atoms in total. The zero-order valence-electron chi connectivity index (χ0n) is 12.9. The molecule has 0 radical (unpaired) electrons. The fourth-order valence-electron chi connectivity index (χ4n) is 2.72. The summed E-state index contributed by atoms with van der Waals surface area (Å²) >= 11 is 5.12. The monoisotopic (exact) mass is 317 g/mol. The van der Waals surface area contributed by atoms with Crippen LogP contribution in [0, 0.1) is 10.7 Å². The van der Waals surface area contributed by atoms with E-state index in [2.05, 4.69) is 11.9 Å². The van der Waals surface area contributed by atoms with Crippen molar-refractivity contribution in [2.24, 2.45) is 13.0 Å². The van der Waals surface area contributed by atoms with Gasteiger partial charge in [0.25, 0.3) is 11.5 Å². The van der Waals surface area contributed by atoms with Crippen LogP contribution in [-0.4, -0.2) is 33.4 Å². The zero-order valence-corrected chi connectivity index (χ0v) is 13.7. The highest BCUT2D eigenvalue weighted by Crippen LogP contribution is 2.35. The summed E-state index contributed by atoms with van der Waals surface area (Å²) in [7, 11) is 3.46. The van der Waals surface area contributed by atoms with Gasteiger partial charge in [-0.1, -0.05) is 0 Å². The number of benzene rings is 1. The maximum Gasteiger partial charge on any atom is 0.261 e. The van der Waals surface area contributed by atoms with Gasteiger partial charge >= 0.3 is 0 Å². The molecule has 3 rings (SSSR count). The van der Waals surface area contributed by atoms with Crippen molar-refractivity contribution in [3.05, 3.63) is 38.9 Å². The standard InChI is InChI=1S/C16H19N3O2S/c1-9(10-4-5-10)18(2)14(20)11-6-7-12-13(8-11)17-16(22)19(3)15(12)21/h6-10H,4-5H2,1-3H3,(H,17,22). The number of hydrogen-bond donors (Lipinski definition) is 1. The number of H-pyrrole nitrogens is 1. The van der Waals surface area contributed by atoms with E-state index in [4.69, 9.17) is 12.2 Å². The average Bonchev–Trinajstić information content (AvgIpc) is 3.35. The van der Waals surface area contributed by atoms with Crippen LogP contribution in [0.15, 0.2) is 23.0 Å². The minimum absolute atomic E-state index is 0.0266. The van der Waals surface area contributed by atoms with Crippen LogP contribution in [0.4, 0.5) is 0 Å². The molecular formula is C16H19N3O2S. The molecule has 1 aliphatic rings. The van der Waals surface area contributed by atoms with Crippen LogP contribution in [0.25, 0.3) is 10.9 Å². The first-order valence-corrected chi connectivity index (χ1v) is 7.81. The second kappa shape index (κ2) is 5.35. The maximum absolute atomic E-state index is 12.6. The molecule has 1 aromatic heterocycles. The van der Waals surface area contributed by atoms with E-state index < -0.39 is 0 Å². The minimum Gasteiger partial charge on any atom is -0.339 e. The molecule has 1 aliphatic carbocycles. The number of amides is 1. The van der Waals surface area contributed by atoms with Gasteiger partial charge in [-0.05, 0) is 56.1 Å². The van der Waals surface area contributed by atoms with Gasteiger partial charge in [-0.15, -0.1) is 0 Å². The molecule has 2 aromatic rings. The molecule has 0 aliphatic heterocycles. The Morgan fingerprint density at radius 2 is 2.14 bits per heavy atom. The number of nitrogens with zero attached hydrogens (tertiary/aromatic N) is 2. The van der Waals surface area contributed by atoms with Gasteiger partial charge in [-0.3, -0.25) is 14.2 Å². The molecule has 22 heavy (non-hydrogen) atoms. The predicted octanol–water partition coefficient (Wildman–Crippen LogP) is 2.47. The van der Waals surface area contributed by atoms with Gasteiger partial charge in [0.2, 0.25) is 0 Å². The summed E-state index contributed by atoms with van der Waals surface area (Å²) < 4.78 is 1.74. The highest BCUT2D eigenvalue weighted by molar-refractivity contribution is 7.71. The Morgan fingerprint density at radius 1 is 1.45 bits per heavy atom. The molecule has 6 heteroatoms. The van der Waals surface area contributed by atoms with Gasteiger partial charge in [0.15, 0.2) is 4.77 Å². The van der Waals surface area contributed by atoms with Gasteiger partial charge in [-0.2, -0.15) is 0 Å². The average molecular weight is 317 g/mol. The summed E-state index contributed by atoms with van der Waals surface area (Å²) in [5.74, 6) is 0.591. The molecule has 0 saturated heterocycles. The second-order valence-corrected chi connectivity index (χ2v) is 6.44. The van der Waals surface area contributed by atoms with Crippen molar-refractivity contribution in [2.45, 2.75) is 25.8 Å². The molecule has 1 N–H and O–H groups in total. The van der Waals surface area contributed by atoms with Crippen molar-refractivity contribution in [1.29, 1.82) is 0 Å². The summed E-state index contributed by atoms with van der Waals surface area (Å²) in [4.78, 5) is 29.5. The summed E-state index contributed by atoms with van der Waals surface area (Å²) in [6, 6.07) is 5.35. The van der Waals surface area contributed by atoms with E-state index in [0.717, 1.165) is 0 Å².